The molecule has 0 radical (unpaired) electrons. The molecule has 0 rings (SSSR count). The van der Waals surface area contributed by atoms with Gasteiger partial charge in [-0.05, 0) is 44.9 Å². The molecule has 0 saturated carbocycles. The highest BCUT2D eigenvalue weighted by molar-refractivity contribution is 5.66. The number of unbranched alkanes of at least 4 members (excludes halogenated alkanes) is 7. The highest BCUT2D eigenvalue weighted by Crippen LogP contribution is 2.06. The van der Waals surface area contributed by atoms with Gasteiger partial charge in [0.2, 0.25) is 0 Å². The Labute approximate surface area is 137 Å². The van der Waals surface area contributed by atoms with Crippen LogP contribution in [0.4, 0.5) is 0 Å². The van der Waals surface area contributed by atoms with Crippen LogP contribution in [0.2, 0.25) is 0 Å². The molecule has 22 heavy (non-hydrogen) atoms. The van der Waals surface area contributed by atoms with Gasteiger partial charge in [0, 0.05) is 6.42 Å². The van der Waals surface area contributed by atoms with Crippen molar-refractivity contribution in [1.29, 1.82) is 0 Å². The second kappa shape index (κ2) is 17.7. The third-order valence-corrected chi connectivity index (χ3v) is 3.53. The van der Waals surface area contributed by atoms with Crippen LogP contribution in [-0.4, -0.2) is 11.1 Å². The monoisotopic (exact) mass is 306 g/mol. The first-order chi connectivity index (χ1) is 10.8. The summed E-state index contributed by atoms with van der Waals surface area (Å²) in [5, 5.41) is 8.52. The molecule has 0 bridgehead atoms. The standard InChI is InChI=1S/C20H34O2/c1-2-3-4-5-6-7-8-9-10-11-12-13-14-15-16-17-18-19-20(21)22/h6-7,9-10,12-13H,2-5,8,11,14-19H2,1H3,(H,21,22)/b7-6+,10-9+,13-12+. The highest BCUT2D eigenvalue weighted by atomic mass is 16.4. The molecule has 0 heterocycles. The number of carboxylic acids is 1. The molecule has 0 aromatic heterocycles. The van der Waals surface area contributed by atoms with Crippen LogP contribution < -0.4 is 0 Å². The number of carboxylic acid groups (broad SMARTS) is 1. The van der Waals surface area contributed by atoms with Crippen molar-refractivity contribution in [3.63, 3.8) is 0 Å². The first-order valence-corrected chi connectivity index (χ1v) is 8.94. The van der Waals surface area contributed by atoms with Gasteiger partial charge in [0.15, 0.2) is 0 Å². The van der Waals surface area contributed by atoms with Crippen molar-refractivity contribution in [2.24, 2.45) is 0 Å². The summed E-state index contributed by atoms with van der Waals surface area (Å²) in [6.45, 7) is 2.24. The zero-order valence-electron chi connectivity index (χ0n) is 14.3. The van der Waals surface area contributed by atoms with E-state index in [0.717, 1.165) is 38.5 Å². The Morgan fingerprint density at radius 3 is 1.77 bits per heavy atom. The minimum atomic E-state index is -0.678. The van der Waals surface area contributed by atoms with Gasteiger partial charge in [0.05, 0.1) is 0 Å². The third-order valence-electron chi connectivity index (χ3n) is 3.53. The smallest absolute Gasteiger partial charge is 0.303 e. The predicted octanol–water partition coefficient (Wildman–Crippen LogP) is 6.44. The van der Waals surface area contributed by atoms with Crippen molar-refractivity contribution in [3.05, 3.63) is 36.5 Å². The summed E-state index contributed by atoms with van der Waals surface area (Å²) < 4.78 is 0. The van der Waals surface area contributed by atoms with Gasteiger partial charge in [0.1, 0.15) is 0 Å². The number of hydrogen-bond acceptors (Lipinski definition) is 1. The SMILES string of the molecule is CCCCC/C=C/C/C=C/C/C=C/CCCCCCC(=O)O. The fourth-order valence-electron chi connectivity index (χ4n) is 2.18. The van der Waals surface area contributed by atoms with E-state index in [9.17, 15) is 4.79 Å². The quantitative estimate of drug-likeness (QED) is 0.279. The minimum absolute atomic E-state index is 0.313. The summed E-state index contributed by atoms with van der Waals surface area (Å²) in [5.74, 6) is -0.678. The molecular weight excluding hydrogens is 272 g/mol. The molecule has 0 unspecified atom stereocenters. The second-order valence-corrected chi connectivity index (χ2v) is 5.73. The Morgan fingerprint density at radius 1 is 0.727 bits per heavy atom. The molecule has 0 saturated heterocycles. The molecule has 2 heteroatoms. The maximum Gasteiger partial charge on any atom is 0.303 e. The first kappa shape index (κ1) is 20.7. The molecule has 0 aromatic carbocycles. The molecule has 0 aliphatic rings. The van der Waals surface area contributed by atoms with E-state index in [1.165, 1.54) is 32.1 Å². The minimum Gasteiger partial charge on any atom is -0.481 e. The molecule has 0 aliphatic carbocycles. The van der Waals surface area contributed by atoms with Crippen LogP contribution >= 0.6 is 0 Å². The van der Waals surface area contributed by atoms with Gasteiger partial charge in [0.25, 0.3) is 0 Å². The van der Waals surface area contributed by atoms with Crippen LogP contribution in [-0.2, 0) is 4.79 Å². The van der Waals surface area contributed by atoms with E-state index in [4.69, 9.17) is 5.11 Å². The van der Waals surface area contributed by atoms with E-state index in [2.05, 4.69) is 43.4 Å². The van der Waals surface area contributed by atoms with Crippen molar-refractivity contribution >= 4 is 5.97 Å². The van der Waals surface area contributed by atoms with E-state index in [1.54, 1.807) is 0 Å². The Kier molecular flexibility index (Phi) is 16.7. The van der Waals surface area contributed by atoms with Crippen molar-refractivity contribution < 1.29 is 9.90 Å². The van der Waals surface area contributed by atoms with E-state index < -0.39 is 5.97 Å². The topological polar surface area (TPSA) is 37.3 Å². The molecule has 0 aliphatic heterocycles. The Bertz CT molecular complexity index is 327. The summed E-state index contributed by atoms with van der Waals surface area (Å²) in [6.07, 6.45) is 26.3. The fourth-order valence-corrected chi connectivity index (χ4v) is 2.18. The lowest BCUT2D eigenvalue weighted by Gasteiger charge is -1.96. The zero-order chi connectivity index (χ0) is 16.3. The molecule has 0 aromatic rings. The fraction of sp³-hybridized carbons (Fsp3) is 0.650. The summed E-state index contributed by atoms with van der Waals surface area (Å²) in [4.78, 5) is 10.3. The Balaban J connectivity index is 3.29. The maximum absolute atomic E-state index is 10.3. The molecule has 0 amide bonds. The van der Waals surface area contributed by atoms with Gasteiger partial charge in [-0.3, -0.25) is 4.79 Å². The van der Waals surface area contributed by atoms with Crippen LogP contribution in [0.25, 0.3) is 0 Å². The molecule has 0 spiro atoms. The summed E-state index contributed by atoms with van der Waals surface area (Å²) >= 11 is 0. The number of allylic oxidation sites excluding steroid dienone is 6. The largest absolute Gasteiger partial charge is 0.481 e. The van der Waals surface area contributed by atoms with E-state index >= 15 is 0 Å². The predicted molar refractivity (Wildman–Crippen MR) is 96.1 cm³/mol. The van der Waals surface area contributed by atoms with Gasteiger partial charge >= 0.3 is 5.97 Å². The number of aliphatic carboxylic acids is 1. The molecule has 0 atom stereocenters. The lowest BCUT2D eigenvalue weighted by atomic mass is 10.1. The van der Waals surface area contributed by atoms with E-state index in [1.807, 2.05) is 0 Å². The van der Waals surface area contributed by atoms with Gasteiger partial charge < -0.3 is 5.11 Å². The summed E-state index contributed by atoms with van der Waals surface area (Å²) in [6, 6.07) is 0. The van der Waals surface area contributed by atoms with Crippen molar-refractivity contribution in [1.82, 2.24) is 0 Å². The number of rotatable bonds is 15. The van der Waals surface area contributed by atoms with Crippen LogP contribution in [0.3, 0.4) is 0 Å². The van der Waals surface area contributed by atoms with Crippen LogP contribution in [0, 0.1) is 0 Å². The van der Waals surface area contributed by atoms with Crippen molar-refractivity contribution in [2.45, 2.75) is 84.0 Å². The zero-order valence-corrected chi connectivity index (χ0v) is 14.3. The van der Waals surface area contributed by atoms with Gasteiger partial charge in [-0.15, -0.1) is 0 Å². The lowest BCUT2D eigenvalue weighted by molar-refractivity contribution is -0.137. The maximum atomic E-state index is 10.3. The number of carbonyl (C=O) groups is 1. The van der Waals surface area contributed by atoms with E-state index in [0.29, 0.717) is 6.42 Å². The van der Waals surface area contributed by atoms with Gasteiger partial charge in [-0.1, -0.05) is 69.1 Å². The number of hydrogen-bond donors (Lipinski definition) is 1. The Morgan fingerprint density at radius 2 is 1.23 bits per heavy atom. The van der Waals surface area contributed by atoms with Gasteiger partial charge in [-0.25, -0.2) is 0 Å². The van der Waals surface area contributed by atoms with Crippen LogP contribution in [0.5, 0.6) is 0 Å². The summed E-state index contributed by atoms with van der Waals surface area (Å²) in [5.41, 5.74) is 0. The average molecular weight is 306 g/mol. The van der Waals surface area contributed by atoms with E-state index in [-0.39, 0.29) is 0 Å². The molecule has 126 valence electrons. The summed E-state index contributed by atoms with van der Waals surface area (Å²) in [7, 11) is 0. The van der Waals surface area contributed by atoms with Crippen molar-refractivity contribution in [2.75, 3.05) is 0 Å². The third kappa shape index (κ3) is 18.7. The molecule has 0 fully saturated rings. The van der Waals surface area contributed by atoms with Gasteiger partial charge in [-0.2, -0.15) is 0 Å². The van der Waals surface area contributed by atoms with Crippen molar-refractivity contribution in [3.8, 4) is 0 Å². The second-order valence-electron chi connectivity index (χ2n) is 5.73. The lowest BCUT2D eigenvalue weighted by Crippen LogP contribution is -1.93. The molecule has 2 nitrogen and oxygen atoms in total. The Hall–Kier alpha value is -1.31. The normalized spacial score (nSPS) is 12.0. The van der Waals surface area contributed by atoms with Crippen LogP contribution in [0.1, 0.15) is 84.0 Å². The van der Waals surface area contributed by atoms with Crippen LogP contribution in [0.15, 0.2) is 36.5 Å². The molecule has 1 N–H and O–H groups in total. The first-order valence-electron chi connectivity index (χ1n) is 8.94. The molecular formula is C20H34O2. The highest BCUT2D eigenvalue weighted by Gasteiger charge is 1.95. The average Bonchev–Trinajstić information content (AvgIpc) is 2.50.